The molecular weight excluding hydrogens is 228 g/mol. The van der Waals surface area contributed by atoms with Crippen molar-refractivity contribution < 1.29 is 9.53 Å². The predicted molar refractivity (Wildman–Crippen MR) is 64.8 cm³/mol. The first-order valence-corrected chi connectivity index (χ1v) is 5.96. The lowest BCUT2D eigenvalue weighted by molar-refractivity contribution is -0.127. The van der Waals surface area contributed by atoms with Crippen molar-refractivity contribution in [1.82, 2.24) is 10.6 Å². The van der Waals surface area contributed by atoms with Gasteiger partial charge in [0.1, 0.15) is 0 Å². The quantitative estimate of drug-likeness (QED) is 0.773. The third-order valence-electron chi connectivity index (χ3n) is 3.18. The number of carbonyl (C=O) groups excluding carboxylic acids is 1. The van der Waals surface area contributed by atoms with Crippen molar-refractivity contribution in [2.24, 2.45) is 5.92 Å². The fourth-order valence-electron chi connectivity index (χ4n) is 1.98. The van der Waals surface area contributed by atoms with E-state index in [0.717, 1.165) is 32.5 Å². The summed E-state index contributed by atoms with van der Waals surface area (Å²) in [5.74, 6) is 0.373. The summed E-state index contributed by atoms with van der Waals surface area (Å²) in [7, 11) is 0. The van der Waals surface area contributed by atoms with Crippen LogP contribution in [0.15, 0.2) is 0 Å². The van der Waals surface area contributed by atoms with Crippen LogP contribution in [-0.2, 0) is 9.53 Å². The molecule has 0 aromatic heterocycles. The van der Waals surface area contributed by atoms with E-state index < -0.39 is 0 Å². The number of hydrogen-bond acceptors (Lipinski definition) is 3. The Morgan fingerprint density at radius 3 is 2.81 bits per heavy atom. The van der Waals surface area contributed by atoms with E-state index in [1.165, 1.54) is 12.8 Å². The maximum absolute atomic E-state index is 11.5. The third-order valence-corrected chi connectivity index (χ3v) is 3.18. The molecule has 0 spiro atoms. The molecule has 94 valence electrons. The number of ether oxygens (including phenoxy) is 1. The van der Waals surface area contributed by atoms with Crippen LogP contribution in [0.4, 0.5) is 0 Å². The zero-order chi connectivity index (χ0) is 10.5. The zero-order valence-corrected chi connectivity index (χ0v) is 10.4. The van der Waals surface area contributed by atoms with E-state index in [0.29, 0.717) is 6.54 Å². The maximum atomic E-state index is 11.5. The molecule has 2 heterocycles. The second kappa shape index (κ2) is 7.09. The Balaban J connectivity index is 0.00000128. The van der Waals surface area contributed by atoms with Crippen LogP contribution in [-0.4, -0.2) is 38.3 Å². The highest BCUT2D eigenvalue weighted by atomic mass is 35.5. The first-order valence-electron chi connectivity index (χ1n) is 5.96. The lowest BCUT2D eigenvalue weighted by Gasteiger charge is -2.26. The summed E-state index contributed by atoms with van der Waals surface area (Å²) in [4.78, 5) is 11.5. The summed E-state index contributed by atoms with van der Waals surface area (Å²) in [6, 6.07) is 0. The van der Waals surface area contributed by atoms with Crippen LogP contribution < -0.4 is 10.6 Å². The highest BCUT2D eigenvalue weighted by molar-refractivity contribution is 5.85. The smallest absolute Gasteiger partial charge is 0.225 e. The van der Waals surface area contributed by atoms with Gasteiger partial charge in [-0.1, -0.05) is 12.8 Å². The Kier molecular flexibility index (Phi) is 6.09. The molecule has 0 aromatic rings. The van der Waals surface area contributed by atoms with Crippen molar-refractivity contribution in [3.63, 3.8) is 0 Å². The summed E-state index contributed by atoms with van der Waals surface area (Å²) in [5.41, 5.74) is 0. The molecule has 1 amide bonds. The molecule has 0 radical (unpaired) electrons. The molecule has 2 aliphatic rings. The highest BCUT2D eigenvalue weighted by Gasteiger charge is 2.25. The van der Waals surface area contributed by atoms with Gasteiger partial charge in [0.25, 0.3) is 0 Å². The summed E-state index contributed by atoms with van der Waals surface area (Å²) in [6.45, 7) is 3.20. The molecule has 2 aliphatic heterocycles. The van der Waals surface area contributed by atoms with Crippen LogP contribution >= 0.6 is 12.4 Å². The molecule has 2 fully saturated rings. The van der Waals surface area contributed by atoms with Gasteiger partial charge in [-0.3, -0.25) is 4.79 Å². The van der Waals surface area contributed by atoms with Crippen molar-refractivity contribution >= 4 is 18.3 Å². The minimum atomic E-state index is 0. The number of halogens is 1. The van der Waals surface area contributed by atoms with Crippen molar-refractivity contribution in [2.75, 3.05) is 26.2 Å². The van der Waals surface area contributed by atoms with Crippen molar-refractivity contribution in [3.8, 4) is 0 Å². The van der Waals surface area contributed by atoms with Gasteiger partial charge >= 0.3 is 0 Å². The average molecular weight is 249 g/mol. The first-order chi connectivity index (χ1) is 7.36. The topological polar surface area (TPSA) is 50.4 Å². The molecule has 1 atom stereocenters. The van der Waals surface area contributed by atoms with Crippen LogP contribution in [0.25, 0.3) is 0 Å². The minimum Gasteiger partial charge on any atom is -0.376 e. The van der Waals surface area contributed by atoms with E-state index in [9.17, 15) is 4.79 Å². The van der Waals surface area contributed by atoms with Gasteiger partial charge in [0.2, 0.25) is 5.91 Å². The van der Waals surface area contributed by atoms with E-state index in [-0.39, 0.29) is 30.3 Å². The van der Waals surface area contributed by atoms with Crippen LogP contribution in [0.1, 0.15) is 25.7 Å². The molecule has 0 bridgehead atoms. The molecule has 2 saturated heterocycles. The zero-order valence-electron chi connectivity index (χ0n) is 9.54. The number of rotatable bonds is 3. The largest absolute Gasteiger partial charge is 0.376 e. The van der Waals surface area contributed by atoms with Gasteiger partial charge in [0.05, 0.1) is 12.0 Å². The Bertz CT molecular complexity index is 214. The van der Waals surface area contributed by atoms with Crippen LogP contribution in [0.2, 0.25) is 0 Å². The van der Waals surface area contributed by atoms with Crippen LogP contribution in [0.5, 0.6) is 0 Å². The SMILES string of the molecule is Cl.O=C(NCC1CCCCCO1)C1CNC1. The van der Waals surface area contributed by atoms with Crippen molar-refractivity contribution in [3.05, 3.63) is 0 Å². The fraction of sp³-hybridized carbons (Fsp3) is 0.909. The van der Waals surface area contributed by atoms with Gasteiger partial charge in [-0.2, -0.15) is 0 Å². The molecule has 2 N–H and O–H groups in total. The van der Waals surface area contributed by atoms with Gasteiger partial charge < -0.3 is 15.4 Å². The molecule has 0 saturated carbocycles. The van der Waals surface area contributed by atoms with E-state index in [4.69, 9.17) is 4.74 Å². The van der Waals surface area contributed by atoms with Gasteiger partial charge in [0, 0.05) is 26.2 Å². The number of carbonyl (C=O) groups is 1. The normalized spacial score (nSPS) is 26.1. The maximum Gasteiger partial charge on any atom is 0.225 e. The molecule has 4 nitrogen and oxygen atoms in total. The Hall–Kier alpha value is -0.320. The van der Waals surface area contributed by atoms with E-state index >= 15 is 0 Å². The van der Waals surface area contributed by atoms with Crippen LogP contribution in [0, 0.1) is 5.92 Å². The lowest BCUT2D eigenvalue weighted by atomic mass is 10.0. The highest BCUT2D eigenvalue weighted by Crippen LogP contribution is 2.12. The molecule has 0 aromatic carbocycles. The van der Waals surface area contributed by atoms with Gasteiger partial charge in [-0.15, -0.1) is 12.4 Å². The van der Waals surface area contributed by atoms with Gasteiger partial charge in [-0.25, -0.2) is 0 Å². The van der Waals surface area contributed by atoms with Gasteiger partial charge in [0.15, 0.2) is 0 Å². The lowest BCUT2D eigenvalue weighted by Crippen LogP contribution is -2.51. The summed E-state index contributed by atoms with van der Waals surface area (Å²) in [6.07, 6.45) is 4.98. The molecule has 0 aliphatic carbocycles. The minimum absolute atomic E-state index is 0. The summed E-state index contributed by atoms with van der Waals surface area (Å²) < 4.78 is 5.65. The predicted octanol–water partition coefficient (Wildman–Crippen LogP) is 0.703. The van der Waals surface area contributed by atoms with Gasteiger partial charge in [-0.05, 0) is 12.8 Å². The molecular formula is C11H21ClN2O2. The molecule has 16 heavy (non-hydrogen) atoms. The summed E-state index contributed by atoms with van der Waals surface area (Å²) >= 11 is 0. The number of nitrogens with one attached hydrogen (secondary N) is 2. The number of amides is 1. The van der Waals surface area contributed by atoms with Crippen LogP contribution in [0.3, 0.4) is 0 Å². The molecule has 1 unspecified atom stereocenters. The van der Waals surface area contributed by atoms with E-state index in [1.807, 2.05) is 0 Å². The Morgan fingerprint density at radius 1 is 1.31 bits per heavy atom. The van der Waals surface area contributed by atoms with E-state index in [2.05, 4.69) is 10.6 Å². The first kappa shape index (κ1) is 13.7. The molecule has 5 heteroatoms. The standard InChI is InChI=1S/C11H20N2O2.ClH/c14-11(9-6-12-7-9)13-8-10-4-2-1-3-5-15-10;/h9-10,12H,1-8H2,(H,13,14);1H. The average Bonchev–Trinajstić information content (AvgIpc) is 2.40. The fourth-order valence-corrected chi connectivity index (χ4v) is 1.98. The van der Waals surface area contributed by atoms with Crippen molar-refractivity contribution in [1.29, 1.82) is 0 Å². The summed E-state index contributed by atoms with van der Waals surface area (Å²) in [5, 5.41) is 6.08. The Morgan fingerprint density at radius 2 is 2.12 bits per heavy atom. The second-order valence-electron chi connectivity index (χ2n) is 4.44. The van der Waals surface area contributed by atoms with E-state index in [1.54, 1.807) is 0 Å². The molecule has 2 rings (SSSR count). The third kappa shape index (κ3) is 3.92. The number of hydrogen-bond donors (Lipinski definition) is 2. The van der Waals surface area contributed by atoms with Crippen molar-refractivity contribution in [2.45, 2.75) is 31.8 Å². The Labute approximate surface area is 103 Å². The second-order valence-corrected chi connectivity index (χ2v) is 4.44. The monoisotopic (exact) mass is 248 g/mol.